The summed E-state index contributed by atoms with van der Waals surface area (Å²) in [6.07, 6.45) is 8.92. The van der Waals surface area contributed by atoms with E-state index in [2.05, 4.69) is 47.4 Å². The summed E-state index contributed by atoms with van der Waals surface area (Å²) in [5.41, 5.74) is 16.8. The van der Waals surface area contributed by atoms with E-state index in [0.29, 0.717) is 25.2 Å². The first kappa shape index (κ1) is 23.6. The summed E-state index contributed by atoms with van der Waals surface area (Å²) in [6.45, 7) is 0.706. The van der Waals surface area contributed by atoms with Crippen LogP contribution in [0.25, 0.3) is 38.9 Å². The van der Waals surface area contributed by atoms with Gasteiger partial charge in [0.1, 0.15) is 22.9 Å². The molecule has 5 aromatic rings. The highest BCUT2D eigenvalue weighted by Crippen LogP contribution is 2.48. The van der Waals surface area contributed by atoms with Crippen LogP contribution in [0.2, 0.25) is 0 Å². The van der Waals surface area contributed by atoms with Crippen molar-refractivity contribution in [3.63, 3.8) is 0 Å². The Hall–Kier alpha value is -3.81. The molecule has 1 fully saturated rings. The first-order valence-electron chi connectivity index (χ1n) is 13.1. The van der Waals surface area contributed by atoms with Crippen molar-refractivity contribution < 1.29 is 5.11 Å². The van der Waals surface area contributed by atoms with E-state index in [4.69, 9.17) is 21.4 Å². The van der Waals surface area contributed by atoms with Crippen LogP contribution in [0, 0.1) is 0 Å². The molecule has 0 saturated heterocycles. The topological polar surface area (TPSA) is 115 Å². The van der Waals surface area contributed by atoms with Crippen LogP contribution in [0.1, 0.15) is 50.3 Å². The minimum Gasteiger partial charge on any atom is -0.390 e. The first-order chi connectivity index (χ1) is 18.0. The molecule has 6 rings (SSSR count). The van der Waals surface area contributed by atoms with E-state index >= 15 is 0 Å². The maximum Gasteiger partial charge on any atom is 0.150 e. The van der Waals surface area contributed by atoms with Gasteiger partial charge >= 0.3 is 0 Å². The zero-order chi connectivity index (χ0) is 25.4. The number of hydrogen-bond donors (Lipinski definition) is 3. The lowest BCUT2D eigenvalue weighted by Gasteiger charge is -2.43. The number of fused-ring (bicyclic) bond motifs is 2. The van der Waals surface area contributed by atoms with Crippen molar-refractivity contribution in [2.75, 3.05) is 12.3 Å². The number of unbranched alkanes of at least 4 members (excludes halogenated alkanes) is 2. The molecule has 0 atom stereocenters. The predicted octanol–water partition coefficient (Wildman–Crippen LogP) is 5.32. The van der Waals surface area contributed by atoms with Crippen LogP contribution in [0.15, 0.2) is 73.1 Å². The van der Waals surface area contributed by atoms with E-state index in [-0.39, 0.29) is 5.92 Å². The van der Waals surface area contributed by atoms with Crippen molar-refractivity contribution in [1.29, 1.82) is 0 Å². The van der Waals surface area contributed by atoms with E-state index in [1.807, 2.05) is 28.8 Å². The molecule has 0 amide bonds. The summed E-state index contributed by atoms with van der Waals surface area (Å²) >= 11 is 0. The Labute approximate surface area is 216 Å². The second-order valence-electron chi connectivity index (χ2n) is 10.2. The van der Waals surface area contributed by atoms with Gasteiger partial charge in [0.15, 0.2) is 0 Å². The quantitative estimate of drug-likeness (QED) is 0.253. The zero-order valence-electron chi connectivity index (χ0n) is 20.8. The number of benzene rings is 2. The molecule has 2 aromatic carbocycles. The van der Waals surface area contributed by atoms with Crippen molar-refractivity contribution in [3.8, 4) is 22.5 Å². The van der Waals surface area contributed by atoms with E-state index in [0.717, 1.165) is 70.4 Å². The second-order valence-corrected chi connectivity index (χ2v) is 10.2. The molecule has 7 heteroatoms. The molecule has 0 unspecified atom stereocenters. The Morgan fingerprint density at radius 2 is 1.76 bits per heavy atom. The van der Waals surface area contributed by atoms with Gasteiger partial charge in [0.2, 0.25) is 0 Å². The number of nitrogen functional groups attached to an aromatic ring is 1. The molecule has 1 saturated carbocycles. The first-order valence-corrected chi connectivity index (χ1v) is 13.1. The summed E-state index contributed by atoms with van der Waals surface area (Å²) in [4.78, 5) is 14.4. The molecule has 5 N–H and O–H groups in total. The minimum absolute atomic E-state index is 0.172. The third-order valence-electron chi connectivity index (χ3n) is 7.61. The average Bonchev–Trinajstić information content (AvgIpc) is 3.30. The average molecular weight is 493 g/mol. The highest BCUT2D eigenvalue weighted by molar-refractivity contribution is 5.91. The zero-order valence-corrected chi connectivity index (χ0v) is 20.8. The van der Waals surface area contributed by atoms with Gasteiger partial charge < -0.3 is 16.6 Å². The van der Waals surface area contributed by atoms with Crippen molar-refractivity contribution in [2.45, 2.75) is 50.0 Å². The number of imidazole rings is 1. The lowest BCUT2D eigenvalue weighted by Crippen LogP contribution is -2.43. The van der Waals surface area contributed by atoms with Gasteiger partial charge in [-0.1, -0.05) is 61.4 Å². The Balaban J connectivity index is 1.35. The smallest absolute Gasteiger partial charge is 0.150 e. The number of anilines is 1. The molecule has 1 aliphatic rings. The normalized spacial score (nSPS) is 19.4. The largest absolute Gasteiger partial charge is 0.390 e. The van der Waals surface area contributed by atoms with Gasteiger partial charge in [-0.15, -0.1) is 0 Å². The molecule has 0 radical (unpaired) electrons. The number of aromatic nitrogens is 4. The SMILES string of the molecule is NCCCCCC1(O)CC(c2nc(-c3ccc4ccc(-c5ccccc5)nc4c3)c3c(N)nccn23)C1. The summed E-state index contributed by atoms with van der Waals surface area (Å²) < 4.78 is 2.05. The molecule has 1 aliphatic carbocycles. The van der Waals surface area contributed by atoms with Gasteiger partial charge in [0.25, 0.3) is 0 Å². The van der Waals surface area contributed by atoms with Crippen LogP contribution >= 0.6 is 0 Å². The van der Waals surface area contributed by atoms with Gasteiger partial charge in [0, 0.05) is 34.8 Å². The molecule has 0 bridgehead atoms. The third kappa shape index (κ3) is 4.45. The summed E-state index contributed by atoms with van der Waals surface area (Å²) in [5.74, 6) is 1.54. The van der Waals surface area contributed by atoms with Crippen LogP contribution in [0.5, 0.6) is 0 Å². The van der Waals surface area contributed by atoms with Crippen LogP contribution in [0.3, 0.4) is 0 Å². The van der Waals surface area contributed by atoms with Crippen LogP contribution in [-0.2, 0) is 0 Å². The number of pyridine rings is 1. The van der Waals surface area contributed by atoms with Crippen molar-refractivity contribution in [2.24, 2.45) is 5.73 Å². The monoisotopic (exact) mass is 492 g/mol. The second kappa shape index (κ2) is 9.57. The van der Waals surface area contributed by atoms with E-state index in [1.165, 1.54) is 0 Å². The van der Waals surface area contributed by atoms with Crippen molar-refractivity contribution in [1.82, 2.24) is 19.4 Å². The lowest BCUT2D eigenvalue weighted by molar-refractivity contribution is -0.0591. The molecule has 3 aromatic heterocycles. The van der Waals surface area contributed by atoms with Gasteiger partial charge in [-0.25, -0.2) is 15.0 Å². The molecule has 0 spiro atoms. The Kier molecular flexibility index (Phi) is 6.10. The van der Waals surface area contributed by atoms with E-state index in [9.17, 15) is 5.11 Å². The maximum atomic E-state index is 11.0. The van der Waals surface area contributed by atoms with Crippen molar-refractivity contribution >= 4 is 22.2 Å². The van der Waals surface area contributed by atoms with Gasteiger partial charge in [0.05, 0.1) is 16.8 Å². The Bertz CT molecular complexity index is 1560. The molecular formula is C30H32N6O. The maximum absolute atomic E-state index is 11.0. The predicted molar refractivity (Wildman–Crippen MR) is 148 cm³/mol. The number of rotatable bonds is 8. The lowest BCUT2D eigenvalue weighted by atomic mass is 9.68. The fourth-order valence-electron chi connectivity index (χ4n) is 5.63. The van der Waals surface area contributed by atoms with Crippen LogP contribution in [0.4, 0.5) is 5.82 Å². The number of nitrogens with two attached hydrogens (primary N) is 2. The Morgan fingerprint density at radius 1 is 0.946 bits per heavy atom. The number of hydrogen-bond acceptors (Lipinski definition) is 6. The molecule has 0 aliphatic heterocycles. The van der Waals surface area contributed by atoms with E-state index in [1.54, 1.807) is 6.20 Å². The van der Waals surface area contributed by atoms with Gasteiger partial charge in [-0.2, -0.15) is 0 Å². The number of aliphatic hydroxyl groups is 1. The molecule has 3 heterocycles. The molecule has 7 nitrogen and oxygen atoms in total. The minimum atomic E-state index is -0.620. The van der Waals surface area contributed by atoms with Crippen LogP contribution in [-0.4, -0.2) is 36.6 Å². The van der Waals surface area contributed by atoms with Crippen molar-refractivity contribution in [3.05, 3.63) is 78.9 Å². The third-order valence-corrected chi connectivity index (χ3v) is 7.61. The highest BCUT2D eigenvalue weighted by Gasteiger charge is 2.44. The Morgan fingerprint density at radius 3 is 2.57 bits per heavy atom. The summed E-state index contributed by atoms with van der Waals surface area (Å²) in [7, 11) is 0. The molecular weight excluding hydrogens is 460 g/mol. The van der Waals surface area contributed by atoms with Gasteiger partial charge in [-0.3, -0.25) is 4.40 Å². The highest BCUT2D eigenvalue weighted by atomic mass is 16.3. The summed E-state index contributed by atoms with van der Waals surface area (Å²) in [5, 5.41) is 12.1. The molecule has 37 heavy (non-hydrogen) atoms. The summed E-state index contributed by atoms with van der Waals surface area (Å²) in [6, 6.07) is 20.6. The standard InChI is InChI=1S/C30H32N6O/c31-14-6-2-5-13-30(37)18-23(19-30)29-35-26(27-28(32)33-15-16-36(27)29)22-10-9-21-11-12-24(34-25(21)17-22)20-7-3-1-4-8-20/h1,3-4,7-12,15-17,23,37H,2,5-6,13-14,18-19,31H2,(H2,32,33). The molecule has 188 valence electrons. The van der Waals surface area contributed by atoms with E-state index < -0.39 is 5.60 Å². The van der Waals surface area contributed by atoms with Crippen LogP contribution < -0.4 is 11.5 Å². The van der Waals surface area contributed by atoms with Gasteiger partial charge in [-0.05, 0) is 44.4 Å². The fourth-order valence-corrected chi connectivity index (χ4v) is 5.63. The number of nitrogens with zero attached hydrogens (tertiary/aromatic N) is 4. The fraction of sp³-hybridized carbons (Fsp3) is 0.300.